The van der Waals surface area contributed by atoms with E-state index in [1.807, 2.05) is 45.0 Å². The van der Waals surface area contributed by atoms with Crippen molar-refractivity contribution in [2.24, 2.45) is 0 Å². The van der Waals surface area contributed by atoms with Crippen LogP contribution in [0.25, 0.3) is 0 Å². The first-order chi connectivity index (χ1) is 12.9. The summed E-state index contributed by atoms with van der Waals surface area (Å²) in [5.74, 6) is 0.0629. The molecule has 3 rings (SSSR count). The second kappa shape index (κ2) is 7.82. The van der Waals surface area contributed by atoms with E-state index in [1.165, 1.54) is 0 Å². The van der Waals surface area contributed by atoms with Crippen LogP contribution in [0.2, 0.25) is 0 Å². The fourth-order valence-corrected chi connectivity index (χ4v) is 4.79. The molecule has 6 heteroatoms. The lowest BCUT2D eigenvalue weighted by Gasteiger charge is -2.19. The number of benzene rings is 2. The summed E-state index contributed by atoms with van der Waals surface area (Å²) >= 11 is 0. The van der Waals surface area contributed by atoms with Gasteiger partial charge in [-0.25, -0.2) is 13.1 Å². The monoisotopic (exact) mass is 386 g/mol. The Bertz CT molecular complexity index is 936. The number of hydrogen-bond acceptors (Lipinski definition) is 3. The van der Waals surface area contributed by atoms with Crippen molar-refractivity contribution >= 4 is 21.6 Å². The second-order valence-electron chi connectivity index (χ2n) is 6.93. The lowest BCUT2D eigenvalue weighted by Crippen LogP contribution is -2.29. The summed E-state index contributed by atoms with van der Waals surface area (Å²) in [6.45, 7) is 6.41. The van der Waals surface area contributed by atoms with Gasteiger partial charge in [0.05, 0.1) is 4.90 Å². The van der Waals surface area contributed by atoms with Gasteiger partial charge in [0.15, 0.2) is 0 Å². The summed E-state index contributed by atoms with van der Waals surface area (Å²) in [6.07, 6.45) is 1.78. The van der Waals surface area contributed by atoms with Gasteiger partial charge < -0.3 is 4.90 Å². The molecule has 0 aliphatic carbocycles. The van der Waals surface area contributed by atoms with Gasteiger partial charge in [-0.3, -0.25) is 4.79 Å². The van der Waals surface area contributed by atoms with Gasteiger partial charge in [0.25, 0.3) is 0 Å². The molecule has 5 nitrogen and oxygen atoms in total. The van der Waals surface area contributed by atoms with Crippen molar-refractivity contribution < 1.29 is 13.2 Å². The highest BCUT2D eigenvalue weighted by Gasteiger charge is 2.27. The maximum atomic E-state index is 12.9. The van der Waals surface area contributed by atoms with Crippen LogP contribution >= 0.6 is 0 Å². The number of fused-ring (bicyclic) bond motifs is 1. The third kappa shape index (κ3) is 4.06. The summed E-state index contributed by atoms with van der Waals surface area (Å²) < 4.78 is 28.7. The van der Waals surface area contributed by atoms with E-state index in [0.29, 0.717) is 25.8 Å². The number of aryl methyl sites for hydroxylation is 1. The number of hydrogen-bond donors (Lipinski definition) is 1. The van der Waals surface area contributed by atoms with E-state index in [4.69, 9.17) is 0 Å². The molecule has 1 amide bonds. The standard InChI is InChI=1S/C21H26N2O3S/c1-4-19(16-8-6-15(3)7-9-16)22-27(25,26)18-10-11-20-17(14-18)12-13-23(20)21(24)5-2/h6-11,14,19,22H,4-5,12-13H2,1-3H3/t19-/m0/s1. The third-order valence-corrected chi connectivity index (χ3v) is 6.52. The molecule has 1 aliphatic heterocycles. The lowest BCUT2D eigenvalue weighted by molar-refractivity contribution is -0.118. The van der Waals surface area contributed by atoms with Crippen molar-refractivity contribution in [2.75, 3.05) is 11.4 Å². The lowest BCUT2D eigenvalue weighted by atomic mass is 10.0. The Morgan fingerprint density at radius 3 is 2.48 bits per heavy atom. The largest absolute Gasteiger partial charge is 0.312 e. The molecule has 0 spiro atoms. The molecule has 0 saturated heterocycles. The average Bonchev–Trinajstić information content (AvgIpc) is 3.09. The molecule has 2 aromatic carbocycles. The molecule has 1 atom stereocenters. The molecular formula is C21H26N2O3S. The van der Waals surface area contributed by atoms with Crippen molar-refractivity contribution in [3.8, 4) is 0 Å². The Morgan fingerprint density at radius 2 is 1.85 bits per heavy atom. The number of sulfonamides is 1. The van der Waals surface area contributed by atoms with E-state index in [0.717, 1.165) is 22.4 Å². The van der Waals surface area contributed by atoms with Gasteiger partial charge in [-0.05, 0) is 49.1 Å². The summed E-state index contributed by atoms with van der Waals surface area (Å²) in [7, 11) is -3.65. The quantitative estimate of drug-likeness (QED) is 0.823. The Labute approximate surface area is 161 Å². The SMILES string of the molecule is CCC(=O)N1CCc2cc(S(=O)(=O)N[C@@H](CC)c3ccc(C)cc3)ccc21. The Morgan fingerprint density at radius 1 is 1.15 bits per heavy atom. The molecule has 0 bridgehead atoms. The first kappa shape index (κ1) is 19.6. The van der Waals surface area contributed by atoms with Crippen molar-refractivity contribution in [1.82, 2.24) is 4.72 Å². The summed E-state index contributed by atoms with van der Waals surface area (Å²) in [6, 6.07) is 12.7. The molecule has 1 heterocycles. The van der Waals surface area contributed by atoms with Crippen molar-refractivity contribution in [3.05, 3.63) is 59.2 Å². The van der Waals surface area contributed by atoms with Crippen LogP contribution in [-0.2, 0) is 21.2 Å². The molecular weight excluding hydrogens is 360 g/mol. The van der Waals surface area contributed by atoms with Crippen LogP contribution in [0.15, 0.2) is 47.4 Å². The summed E-state index contributed by atoms with van der Waals surface area (Å²) in [5, 5.41) is 0. The van der Waals surface area contributed by atoms with Gasteiger partial charge in [0.1, 0.15) is 0 Å². The van der Waals surface area contributed by atoms with Crippen LogP contribution in [0, 0.1) is 6.92 Å². The summed E-state index contributed by atoms with van der Waals surface area (Å²) in [4.78, 5) is 14.0. The van der Waals surface area contributed by atoms with E-state index in [-0.39, 0.29) is 16.8 Å². The number of nitrogens with one attached hydrogen (secondary N) is 1. The minimum absolute atomic E-state index is 0.0629. The number of carbonyl (C=O) groups is 1. The number of anilines is 1. The Kier molecular flexibility index (Phi) is 5.67. The normalized spacial score (nSPS) is 14.9. The smallest absolute Gasteiger partial charge is 0.241 e. The molecule has 0 saturated carbocycles. The van der Waals surface area contributed by atoms with Crippen LogP contribution in [0.4, 0.5) is 5.69 Å². The molecule has 0 radical (unpaired) electrons. The maximum absolute atomic E-state index is 12.9. The van der Waals surface area contributed by atoms with Crippen molar-refractivity contribution in [2.45, 2.75) is 51.0 Å². The highest BCUT2D eigenvalue weighted by Crippen LogP contribution is 2.31. The van der Waals surface area contributed by atoms with Crippen LogP contribution in [-0.4, -0.2) is 20.9 Å². The van der Waals surface area contributed by atoms with Crippen molar-refractivity contribution in [3.63, 3.8) is 0 Å². The molecule has 1 aliphatic rings. The van der Waals surface area contributed by atoms with Crippen LogP contribution in [0.5, 0.6) is 0 Å². The van der Waals surface area contributed by atoms with Gasteiger partial charge in [0, 0.05) is 24.7 Å². The zero-order valence-electron chi connectivity index (χ0n) is 16.0. The molecule has 0 fully saturated rings. The van der Waals surface area contributed by atoms with Gasteiger partial charge in [0.2, 0.25) is 15.9 Å². The zero-order valence-corrected chi connectivity index (χ0v) is 16.8. The second-order valence-corrected chi connectivity index (χ2v) is 8.65. The molecule has 144 valence electrons. The number of amides is 1. The van der Waals surface area contributed by atoms with E-state index in [9.17, 15) is 13.2 Å². The van der Waals surface area contributed by atoms with Crippen LogP contribution in [0.3, 0.4) is 0 Å². The number of carbonyl (C=O) groups excluding carboxylic acids is 1. The molecule has 27 heavy (non-hydrogen) atoms. The van der Waals surface area contributed by atoms with E-state index < -0.39 is 10.0 Å². The number of nitrogens with zero attached hydrogens (tertiary/aromatic N) is 1. The Hall–Kier alpha value is -2.18. The minimum Gasteiger partial charge on any atom is -0.312 e. The molecule has 0 unspecified atom stereocenters. The highest BCUT2D eigenvalue weighted by molar-refractivity contribution is 7.89. The first-order valence-electron chi connectivity index (χ1n) is 9.38. The third-order valence-electron chi connectivity index (χ3n) is 5.05. The Balaban J connectivity index is 1.85. The highest BCUT2D eigenvalue weighted by atomic mass is 32.2. The zero-order chi connectivity index (χ0) is 19.6. The average molecular weight is 387 g/mol. The molecule has 0 aromatic heterocycles. The molecule has 1 N–H and O–H groups in total. The van der Waals surface area contributed by atoms with Crippen LogP contribution in [0.1, 0.15) is 49.4 Å². The van der Waals surface area contributed by atoms with Crippen molar-refractivity contribution in [1.29, 1.82) is 0 Å². The maximum Gasteiger partial charge on any atom is 0.241 e. The van der Waals surface area contributed by atoms with E-state index >= 15 is 0 Å². The van der Waals surface area contributed by atoms with Gasteiger partial charge in [-0.2, -0.15) is 0 Å². The molecule has 2 aromatic rings. The summed E-state index contributed by atoms with van der Waals surface area (Å²) in [5.41, 5.74) is 3.82. The predicted octanol–water partition coefficient (Wildman–Crippen LogP) is 3.72. The van der Waals surface area contributed by atoms with Gasteiger partial charge in [-0.15, -0.1) is 0 Å². The predicted molar refractivity (Wildman–Crippen MR) is 107 cm³/mol. The first-order valence-corrected chi connectivity index (χ1v) is 10.9. The fourth-order valence-electron chi connectivity index (χ4n) is 3.44. The van der Waals surface area contributed by atoms with Gasteiger partial charge in [-0.1, -0.05) is 43.7 Å². The van der Waals surface area contributed by atoms with E-state index in [1.54, 1.807) is 23.1 Å². The minimum atomic E-state index is -3.65. The van der Waals surface area contributed by atoms with Crippen LogP contribution < -0.4 is 9.62 Å². The number of rotatable bonds is 6. The van der Waals surface area contributed by atoms with E-state index in [2.05, 4.69) is 4.72 Å². The topological polar surface area (TPSA) is 66.5 Å². The fraction of sp³-hybridized carbons (Fsp3) is 0.381. The van der Waals surface area contributed by atoms with Gasteiger partial charge >= 0.3 is 0 Å².